The number of nitrogens with one attached hydrogen (secondary N) is 1. The van der Waals surface area contributed by atoms with Crippen LogP contribution in [0.15, 0.2) is 30.3 Å². The third kappa shape index (κ3) is 3.55. The predicted octanol–water partition coefficient (Wildman–Crippen LogP) is 1.51. The number of aryl methyl sites for hydroxylation is 2. The Morgan fingerprint density at radius 3 is 2.85 bits per heavy atom. The third-order valence-electron chi connectivity index (χ3n) is 5.08. The molecule has 1 fully saturated rings. The van der Waals surface area contributed by atoms with E-state index in [2.05, 4.69) is 27.3 Å². The Bertz CT molecular complexity index is 794. The van der Waals surface area contributed by atoms with Gasteiger partial charge in [0, 0.05) is 31.6 Å². The van der Waals surface area contributed by atoms with E-state index in [-0.39, 0.29) is 12.0 Å². The number of aromatic nitrogens is 2. The van der Waals surface area contributed by atoms with E-state index in [4.69, 9.17) is 4.98 Å². The Hall–Kier alpha value is -2.47. The van der Waals surface area contributed by atoms with Gasteiger partial charge in [0.05, 0.1) is 6.10 Å². The minimum atomic E-state index is -0.334. The first-order valence-electron chi connectivity index (χ1n) is 9.35. The summed E-state index contributed by atoms with van der Waals surface area (Å²) in [5.74, 6) is 1.42. The number of fused-ring (bicyclic) bond motifs is 1. The number of amides is 1. The van der Waals surface area contributed by atoms with E-state index in [0.717, 1.165) is 43.6 Å². The molecule has 0 radical (unpaired) electrons. The van der Waals surface area contributed by atoms with Crippen molar-refractivity contribution in [3.8, 4) is 0 Å². The molecular weight excluding hydrogens is 328 g/mol. The zero-order valence-corrected chi connectivity index (χ0v) is 14.8. The minimum absolute atomic E-state index is 0.117. The largest absolute Gasteiger partial charge is 0.391 e. The molecule has 0 saturated carbocycles. The number of aliphatic hydroxyl groups excluding tert-OH is 1. The Balaban J connectivity index is 1.65. The maximum absolute atomic E-state index is 12.3. The van der Waals surface area contributed by atoms with Gasteiger partial charge in [0.25, 0.3) is 5.91 Å². The highest BCUT2D eigenvalue weighted by Gasteiger charge is 2.28. The van der Waals surface area contributed by atoms with Crippen LogP contribution in [0.3, 0.4) is 0 Å². The van der Waals surface area contributed by atoms with Gasteiger partial charge in [0.2, 0.25) is 0 Å². The smallest absolute Gasteiger partial charge is 0.270 e. The van der Waals surface area contributed by atoms with Crippen LogP contribution in [0.4, 0.5) is 5.82 Å². The average molecular weight is 352 g/mol. The predicted molar refractivity (Wildman–Crippen MR) is 99.4 cm³/mol. The van der Waals surface area contributed by atoms with Gasteiger partial charge in [-0.2, -0.15) is 0 Å². The van der Waals surface area contributed by atoms with Crippen molar-refractivity contribution in [3.05, 3.63) is 53.0 Å². The van der Waals surface area contributed by atoms with Crippen LogP contribution in [-0.2, 0) is 19.3 Å². The van der Waals surface area contributed by atoms with Crippen LogP contribution in [-0.4, -0.2) is 46.7 Å². The van der Waals surface area contributed by atoms with Crippen molar-refractivity contribution < 1.29 is 9.90 Å². The lowest BCUT2D eigenvalue weighted by molar-refractivity contribution is 0.0940. The summed E-state index contributed by atoms with van der Waals surface area (Å²) in [7, 11) is 0. The van der Waals surface area contributed by atoms with Crippen molar-refractivity contribution in [2.45, 2.75) is 38.2 Å². The molecule has 2 N–H and O–H groups in total. The summed E-state index contributed by atoms with van der Waals surface area (Å²) in [5, 5.41) is 12.9. The average Bonchev–Trinajstić information content (AvgIpc) is 2.67. The second-order valence-electron chi connectivity index (χ2n) is 7.02. The van der Waals surface area contributed by atoms with E-state index >= 15 is 0 Å². The zero-order chi connectivity index (χ0) is 17.9. The molecule has 0 bridgehead atoms. The second-order valence-corrected chi connectivity index (χ2v) is 7.02. The van der Waals surface area contributed by atoms with Crippen LogP contribution in [0.2, 0.25) is 0 Å². The van der Waals surface area contributed by atoms with Crippen molar-refractivity contribution in [1.82, 2.24) is 15.3 Å². The molecule has 1 unspecified atom stereocenters. The van der Waals surface area contributed by atoms with Gasteiger partial charge < -0.3 is 15.3 Å². The van der Waals surface area contributed by atoms with E-state index in [1.165, 1.54) is 5.56 Å². The van der Waals surface area contributed by atoms with Crippen molar-refractivity contribution in [2.24, 2.45) is 0 Å². The Labute approximate surface area is 153 Å². The molecule has 1 aromatic carbocycles. The maximum atomic E-state index is 12.3. The van der Waals surface area contributed by atoms with Crippen LogP contribution in [0.1, 0.15) is 40.3 Å². The number of hydrogen-bond acceptors (Lipinski definition) is 5. The SMILES string of the molecule is O=C1NCCc2c1nc(CCc1ccccc1)nc2N1CCCC(O)C1. The fourth-order valence-electron chi connectivity index (χ4n) is 3.74. The van der Waals surface area contributed by atoms with Crippen molar-refractivity contribution >= 4 is 11.7 Å². The summed E-state index contributed by atoms with van der Waals surface area (Å²) in [6.07, 6.45) is 3.69. The molecular formula is C20H24N4O2. The number of β-amino-alcohol motifs (C(OH)–C–C–N with tert-alkyl or cyclic N) is 1. The highest BCUT2D eigenvalue weighted by molar-refractivity contribution is 5.96. The number of piperidine rings is 1. The van der Waals surface area contributed by atoms with Crippen LogP contribution < -0.4 is 10.2 Å². The molecule has 0 aliphatic carbocycles. The first kappa shape index (κ1) is 17.0. The normalized spacial score (nSPS) is 19.8. The third-order valence-corrected chi connectivity index (χ3v) is 5.08. The molecule has 1 saturated heterocycles. The van der Waals surface area contributed by atoms with E-state index < -0.39 is 0 Å². The van der Waals surface area contributed by atoms with Crippen LogP contribution in [0, 0.1) is 0 Å². The summed E-state index contributed by atoms with van der Waals surface area (Å²) < 4.78 is 0. The first-order chi connectivity index (χ1) is 12.7. The molecule has 1 atom stereocenters. The van der Waals surface area contributed by atoms with Crippen molar-refractivity contribution in [2.75, 3.05) is 24.5 Å². The van der Waals surface area contributed by atoms with Gasteiger partial charge in [-0.1, -0.05) is 30.3 Å². The second kappa shape index (κ2) is 7.41. The number of aliphatic hydroxyl groups is 1. The molecule has 6 heteroatoms. The molecule has 6 nitrogen and oxygen atoms in total. The summed E-state index contributed by atoms with van der Waals surface area (Å²) in [5.41, 5.74) is 2.66. The van der Waals surface area contributed by atoms with Gasteiger partial charge in [-0.05, 0) is 31.2 Å². The number of carbonyl (C=O) groups is 1. The lowest BCUT2D eigenvalue weighted by Crippen LogP contribution is -2.41. The van der Waals surface area contributed by atoms with Gasteiger partial charge in [-0.15, -0.1) is 0 Å². The lowest BCUT2D eigenvalue weighted by atomic mass is 10.0. The highest BCUT2D eigenvalue weighted by Crippen LogP contribution is 2.27. The molecule has 1 amide bonds. The fraction of sp³-hybridized carbons (Fsp3) is 0.450. The monoisotopic (exact) mass is 352 g/mol. The summed E-state index contributed by atoms with van der Waals surface area (Å²) in [6.45, 7) is 2.05. The molecule has 4 rings (SSSR count). The van der Waals surface area contributed by atoms with E-state index in [1.54, 1.807) is 0 Å². The number of nitrogens with zero attached hydrogens (tertiary/aromatic N) is 3. The fourth-order valence-corrected chi connectivity index (χ4v) is 3.74. The molecule has 3 heterocycles. The Morgan fingerprint density at radius 2 is 2.04 bits per heavy atom. The molecule has 136 valence electrons. The first-order valence-corrected chi connectivity index (χ1v) is 9.35. The summed E-state index contributed by atoms with van der Waals surface area (Å²) >= 11 is 0. The molecule has 1 aromatic heterocycles. The van der Waals surface area contributed by atoms with Crippen LogP contribution in [0.5, 0.6) is 0 Å². The van der Waals surface area contributed by atoms with Crippen molar-refractivity contribution in [1.29, 1.82) is 0 Å². The van der Waals surface area contributed by atoms with Gasteiger partial charge in [0.1, 0.15) is 17.3 Å². The standard InChI is InChI=1S/C20H24N4O2/c25-15-7-4-12-24(13-15)19-16-10-11-21-20(26)18(16)22-17(23-19)9-8-14-5-2-1-3-6-14/h1-3,5-6,15,25H,4,7-13H2,(H,21,26). The summed E-state index contributed by atoms with van der Waals surface area (Å²) in [6, 6.07) is 10.2. The Kier molecular flexibility index (Phi) is 4.84. The number of hydrogen-bond donors (Lipinski definition) is 2. The molecule has 26 heavy (non-hydrogen) atoms. The molecule has 2 aromatic rings. The number of benzene rings is 1. The highest BCUT2D eigenvalue weighted by atomic mass is 16.3. The maximum Gasteiger partial charge on any atom is 0.270 e. The number of anilines is 1. The van der Waals surface area contributed by atoms with Gasteiger partial charge in [0.15, 0.2) is 0 Å². The van der Waals surface area contributed by atoms with Gasteiger partial charge in [-0.3, -0.25) is 4.79 Å². The zero-order valence-electron chi connectivity index (χ0n) is 14.8. The van der Waals surface area contributed by atoms with Crippen LogP contribution in [0.25, 0.3) is 0 Å². The van der Waals surface area contributed by atoms with Gasteiger partial charge >= 0.3 is 0 Å². The number of rotatable bonds is 4. The number of carbonyl (C=O) groups excluding carboxylic acids is 1. The molecule has 2 aliphatic heterocycles. The minimum Gasteiger partial charge on any atom is -0.391 e. The van der Waals surface area contributed by atoms with Gasteiger partial charge in [-0.25, -0.2) is 9.97 Å². The molecule has 0 spiro atoms. The van der Waals surface area contributed by atoms with E-state index in [1.807, 2.05) is 18.2 Å². The lowest BCUT2D eigenvalue weighted by Gasteiger charge is -2.33. The summed E-state index contributed by atoms with van der Waals surface area (Å²) in [4.78, 5) is 23.9. The quantitative estimate of drug-likeness (QED) is 0.872. The van der Waals surface area contributed by atoms with E-state index in [0.29, 0.717) is 31.0 Å². The van der Waals surface area contributed by atoms with Crippen LogP contribution >= 0.6 is 0 Å². The van der Waals surface area contributed by atoms with E-state index in [9.17, 15) is 9.90 Å². The topological polar surface area (TPSA) is 78.4 Å². The molecule has 2 aliphatic rings. The Morgan fingerprint density at radius 1 is 1.19 bits per heavy atom. The van der Waals surface area contributed by atoms with Crippen molar-refractivity contribution in [3.63, 3.8) is 0 Å².